The number of rotatable bonds is 1. The zero-order chi connectivity index (χ0) is 11.7. The summed E-state index contributed by atoms with van der Waals surface area (Å²) >= 11 is 0. The summed E-state index contributed by atoms with van der Waals surface area (Å²) < 4.78 is 0. The second-order valence-corrected chi connectivity index (χ2v) is 4.44. The van der Waals surface area contributed by atoms with Crippen molar-refractivity contribution in [3.05, 3.63) is 47.4 Å². The summed E-state index contributed by atoms with van der Waals surface area (Å²) in [7, 11) is 0. The highest BCUT2D eigenvalue weighted by Crippen LogP contribution is 2.25. The van der Waals surface area contributed by atoms with Crippen LogP contribution in [0.1, 0.15) is 16.8 Å². The summed E-state index contributed by atoms with van der Waals surface area (Å²) in [6, 6.07) is 8.48. The SMILES string of the molecule is Cc1cccc(-c2ncnc3c2CNCC3)c1. The third-order valence-electron chi connectivity index (χ3n) is 3.17. The van der Waals surface area contributed by atoms with Gasteiger partial charge >= 0.3 is 0 Å². The number of benzene rings is 1. The van der Waals surface area contributed by atoms with Crippen molar-refractivity contribution < 1.29 is 0 Å². The van der Waals surface area contributed by atoms with Crippen LogP contribution in [0.15, 0.2) is 30.6 Å². The van der Waals surface area contributed by atoms with Gasteiger partial charge in [0.15, 0.2) is 0 Å². The molecule has 3 nitrogen and oxygen atoms in total. The molecule has 0 aliphatic carbocycles. The van der Waals surface area contributed by atoms with Crippen molar-refractivity contribution in [1.29, 1.82) is 0 Å². The Kier molecular flexibility index (Phi) is 2.61. The van der Waals surface area contributed by atoms with Gasteiger partial charge in [0, 0.05) is 30.6 Å². The third-order valence-corrected chi connectivity index (χ3v) is 3.17. The molecule has 0 radical (unpaired) electrons. The molecule has 1 aliphatic heterocycles. The standard InChI is InChI=1S/C14H15N3/c1-10-3-2-4-11(7-10)14-12-8-15-6-5-13(12)16-9-17-14/h2-4,7,9,15H,5-6,8H2,1H3. The quantitative estimate of drug-likeness (QED) is 0.807. The Balaban J connectivity index is 2.14. The number of aryl methyl sites for hydroxylation is 1. The summed E-state index contributed by atoms with van der Waals surface area (Å²) in [4.78, 5) is 8.83. The predicted octanol–water partition coefficient (Wildman–Crippen LogP) is 2.10. The minimum Gasteiger partial charge on any atom is -0.312 e. The number of hydrogen-bond acceptors (Lipinski definition) is 3. The summed E-state index contributed by atoms with van der Waals surface area (Å²) in [5.74, 6) is 0. The van der Waals surface area contributed by atoms with Crippen molar-refractivity contribution in [3.63, 3.8) is 0 Å². The van der Waals surface area contributed by atoms with Gasteiger partial charge in [-0.1, -0.05) is 23.8 Å². The normalized spacial score (nSPS) is 14.4. The van der Waals surface area contributed by atoms with E-state index in [1.807, 2.05) is 0 Å². The summed E-state index contributed by atoms with van der Waals surface area (Å²) in [5.41, 5.74) is 5.97. The topological polar surface area (TPSA) is 37.8 Å². The van der Waals surface area contributed by atoms with E-state index in [2.05, 4.69) is 46.5 Å². The first-order valence-electron chi connectivity index (χ1n) is 5.95. The lowest BCUT2D eigenvalue weighted by Gasteiger charge is -2.18. The lowest BCUT2D eigenvalue weighted by molar-refractivity contribution is 0.627. The van der Waals surface area contributed by atoms with Crippen molar-refractivity contribution in [2.24, 2.45) is 0 Å². The molecule has 3 heteroatoms. The lowest BCUT2D eigenvalue weighted by Crippen LogP contribution is -2.25. The largest absolute Gasteiger partial charge is 0.312 e. The van der Waals surface area contributed by atoms with Crippen molar-refractivity contribution in [2.45, 2.75) is 19.9 Å². The lowest BCUT2D eigenvalue weighted by atomic mass is 9.99. The average molecular weight is 225 g/mol. The van der Waals surface area contributed by atoms with Crippen LogP contribution >= 0.6 is 0 Å². The molecular weight excluding hydrogens is 210 g/mol. The summed E-state index contributed by atoms with van der Waals surface area (Å²) in [6.07, 6.45) is 2.68. The van der Waals surface area contributed by atoms with E-state index in [1.54, 1.807) is 6.33 Å². The Morgan fingerprint density at radius 3 is 3.06 bits per heavy atom. The smallest absolute Gasteiger partial charge is 0.116 e. The monoisotopic (exact) mass is 225 g/mol. The summed E-state index contributed by atoms with van der Waals surface area (Å²) in [6.45, 7) is 3.99. The van der Waals surface area contributed by atoms with Gasteiger partial charge in [-0.3, -0.25) is 0 Å². The maximum atomic E-state index is 4.45. The molecular formula is C14H15N3. The Labute approximate surface area is 101 Å². The van der Waals surface area contributed by atoms with Crippen LogP contribution in [0.5, 0.6) is 0 Å². The van der Waals surface area contributed by atoms with Crippen LogP contribution < -0.4 is 5.32 Å². The maximum absolute atomic E-state index is 4.45. The molecule has 2 heterocycles. The minimum atomic E-state index is 0.874. The van der Waals surface area contributed by atoms with E-state index in [9.17, 15) is 0 Å². The molecule has 1 aliphatic rings. The van der Waals surface area contributed by atoms with Crippen LogP contribution in [0.4, 0.5) is 0 Å². The first-order chi connectivity index (χ1) is 8.34. The van der Waals surface area contributed by atoms with E-state index in [1.165, 1.54) is 22.4 Å². The van der Waals surface area contributed by atoms with E-state index in [0.29, 0.717) is 0 Å². The number of hydrogen-bond donors (Lipinski definition) is 1. The van der Waals surface area contributed by atoms with Gasteiger partial charge in [0.1, 0.15) is 6.33 Å². The van der Waals surface area contributed by atoms with E-state index in [4.69, 9.17) is 0 Å². The maximum Gasteiger partial charge on any atom is 0.116 e. The fourth-order valence-electron chi connectivity index (χ4n) is 2.31. The predicted molar refractivity (Wildman–Crippen MR) is 67.6 cm³/mol. The fourth-order valence-corrected chi connectivity index (χ4v) is 2.31. The molecule has 0 saturated heterocycles. The van der Waals surface area contributed by atoms with Gasteiger partial charge in [-0.15, -0.1) is 0 Å². The second-order valence-electron chi connectivity index (χ2n) is 4.44. The van der Waals surface area contributed by atoms with Gasteiger partial charge < -0.3 is 5.32 Å². The highest BCUT2D eigenvalue weighted by atomic mass is 14.9. The fraction of sp³-hybridized carbons (Fsp3) is 0.286. The molecule has 1 aromatic heterocycles. The van der Waals surface area contributed by atoms with Gasteiger partial charge in [0.05, 0.1) is 11.4 Å². The van der Waals surface area contributed by atoms with Crippen LogP contribution in [0.25, 0.3) is 11.3 Å². The molecule has 2 aromatic rings. The van der Waals surface area contributed by atoms with E-state index < -0.39 is 0 Å². The number of nitrogens with one attached hydrogen (secondary N) is 1. The van der Waals surface area contributed by atoms with Crippen LogP contribution in [-0.2, 0) is 13.0 Å². The Bertz CT molecular complexity index is 549. The van der Waals surface area contributed by atoms with Crippen LogP contribution in [0, 0.1) is 6.92 Å². The average Bonchev–Trinajstić information content (AvgIpc) is 2.38. The van der Waals surface area contributed by atoms with Crippen molar-refractivity contribution in [3.8, 4) is 11.3 Å². The van der Waals surface area contributed by atoms with Gasteiger partial charge in [-0.25, -0.2) is 9.97 Å². The highest BCUT2D eigenvalue weighted by Gasteiger charge is 2.15. The van der Waals surface area contributed by atoms with E-state index in [-0.39, 0.29) is 0 Å². The molecule has 1 N–H and O–H groups in total. The van der Waals surface area contributed by atoms with Crippen molar-refractivity contribution in [1.82, 2.24) is 15.3 Å². The molecule has 86 valence electrons. The summed E-state index contributed by atoms with van der Waals surface area (Å²) in [5, 5.41) is 3.39. The van der Waals surface area contributed by atoms with Crippen LogP contribution in [-0.4, -0.2) is 16.5 Å². The van der Waals surface area contributed by atoms with Gasteiger partial charge in [-0.05, 0) is 13.0 Å². The van der Waals surface area contributed by atoms with E-state index in [0.717, 1.165) is 25.2 Å². The molecule has 17 heavy (non-hydrogen) atoms. The van der Waals surface area contributed by atoms with Crippen molar-refractivity contribution >= 4 is 0 Å². The van der Waals surface area contributed by atoms with Gasteiger partial charge in [-0.2, -0.15) is 0 Å². The first kappa shape index (κ1) is 10.4. The Morgan fingerprint density at radius 2 is 2.18 bits per heavy atom. The number of fused-ring (bicyclic) bond motifs is 1. The van der Waals surface area contributed by atoms with Gasteiger partial charge in [0.2, 0.25) is 0 Å². The molecule has 0 spiro atoms. The second kappa shape index (κ2) is 4.26. The first-order valence-corrected chi connectivity index (χ1v) is 5.95. The van der Waals surface area contributed by atoms with Gasteiger partial charge in [0.25, 0.3) is 0 Å². The zero-order valence-corrected chi connectivity index (χ0v) is 9.90. The third kappa shape index (κ3) is 1.94. The Hall–Kier alpha value is -1.74. The van der Waals surface area contributed by atoms with E-state index >= 15 is 0 Å². The molecule has 0 atom stereocenters. The minimum absolute atomic E-state index is 0.874. The molecule has 0 amide bonds. The Morgan fingerprint density at radius 1 is 1.24 bits per heavy atom. The number of aromatic nitrogens is 2. The van der Waals surface area contributed by atoms with Crippen LogP contribution in [0.2, 0.25) is 0 Å². The molecule has 0 bridgehead atoms. The molecule has 3 rings (SSSR count). The van der Waals surface area contributed by atoms with Crippen molar-refractivity contribution in [2.75, 3.05) is 6.54 Å². The van der Waals surface area contributed by atoms with Crippen LogP contribution in [0.3, 0.4) is 0 Å². The molecule has 0 fully saturated rings. The molecule has 0 saturated carbocycles. The highest BCUT2D eigenvalue weighted by molar-refractivity contribution is 5.64. The molecule has 0 unspecified atom stereocenters. The zero-order valence-electron chi connectivity index (χ0n) is 9.90. The molecule has 1 aromatic carbocycles. The number of nitrogens with zero attached hydrogens (tertiary/aromatic N) is 2.